The minimum Gasteiger partial charge on any atom is -0.316 e. The SMILES string of the molecule is CCNCC(C)S(=O)(=O)N1CCC(C(F)(F)F)CC1. The fourth-order valence-corrected chi connectivity index (χ4v) is 3.70. The first-order chi connectivity index (χ1) is 8.69. The maximum atomic E-state index is 12.5. The number of piperidine rings is 1. The molecule has 1 atom stereocenters. The average molecular weight is 302 g/mol. The monoisotopic (exact) mass is 302 g/mol. The van der Waals surface area contributed by atoms with Gasteiger partial charge >= 0.3 is 6.18 Å². The molecule has 0 radical (unpaired) electrons. The Balaban J connectivity index is 2.59. The minimum absolute atomic E-state index is 0.0387. The molecule has 0 spiro atoms. The van der Waals surface area contributed by atoms with Gasteiger partial charge in [0.1, 0.15) is 0 Å². The van der Waals surface area contributed by atoms with Crippen molar-refractivity contribution < 1.29 is 21.6 Å². The van der Waals surface area contributed by atoms with Gasteiger partial charge in [-0.2, -0.15) is 13.2 Å². The van der Waals surface area contributed by atoms with Crippen LogP contribution in [-0.4, -0.2) is 50.3 Å². The molecule has 0 saturated carbocycles. The van der Waals surface area contributed by atoms with Crippen LogP contribution < -0.4 is 5.32 Å². The van der Waals surface area contributed by atoms with Crippen LogP contribution in [-0.2, 0) is 10.0 Å². The van der Waals surface area contributed by atoms with E-state index in [0.717, 1.165) is 0 Å². The summed E-state index contributed by atoms with van der Waals surface area (Å²) in [5, 5.41) is 2.32. The van der Waals surface area contributed by atoms with Gasteiger partial charge in [-0.1, -0.05) is 6.92 Å². The van der Waals surface area contributed by atoms with Crippen molar-refractivity contribution in [3.05, 3.63) is 0 Å². The number of hydrogen-bond donors (Lipinski definition) is 1. The van der Waals surface area contributed by atoms with Gasteiger partial charge in [-0.15, -0.1) is 0 Å². The molecule has 1 heterocycles. The van der Waals surface area contributed by atoms with Crippen LogP contribution in [0.5, 0.6) is 0 Å². The van der Waals surface area contributed by atoms with E-state index in [2.05, 4.69) is 5.32 Å². The lowest BCUT2D eigenvalue weighted by molar-refractivity contribution is -0.182. The Morgan fingerprint density at radius 3 is 2.26 bits per heavy atom. The van der Waals surface area contributed by atoms with Gasteiger partial charge in [0, 0.05) is 19.6 Å². The molecule has 8 heteroatoms. The lowest BCUT2D eigenvalue weighted by Crippen LogP contribution is -2.47. The molecule has 1 aliphatic rings. The van der Waals surface area contributed by atoms with Crippen molar-refractivity contribution in [1.29, 1.82) is 0 Å². The van der Waals surface area contributed by atoms with Crippen LogP contribution in [0.1, 0.15) is 26.7 Å². The van der Waals surface area contributed by atoms with Crippen molar-refractivity contribution in [2.45, 2.75) is 38.1 Å². The van der Waals surface area contributed by atoms with Gasteiger partial charge in [-0.3, -0.25) is 0 Å². The van der Waals surface area contributed by atoms with Gasteiger partial charge in [0.25, 0.3) is 0 Å². The van der Waals surface area contributed by atoms with Crippen LogP contribution in [0.25, 0.3) is 0 Å². The smallest absolute Gasteiger partial charge is 0.316 e. The molecule has 0 aromatic heterocycles. The molecule has 1 rings (SSSR count). The predicted octanol–water partition coefficient (Wildman–Crippen LogP) is 1.59. The highest BCUT2D eigenvalue weighted by atomic mass is 32.2. The summed E-state index contributed by atoms with van der Waals surface area (Å²) in [5.41, 5.74) is 0. The molecule has 1 N–H and O–H groups in total. The molecular weight excluding hydrogens is 281 g/mol. The van der Waals surface area contributed by atoms with Crippen molar-refractivity contribution >= 4 is 10.0 Å². The number of sulfonamides is 1. The van der Waals surface area contributed by atoms with E-state index in [-0.39, 0.29) is 25.9 Å². The highest BCUT2D eigenvalue weighted by Crippen LogP contribution is 2.35. The zero-order chi connectivity index (χ0) is 14.7. The van der Waals surface area contributed by atoms with Gasteiger partial charge in [-0.25, -0.2) is 12.7 Å². The largest absolute Gasteiger partial charge is 0.391 e. The van der Waals surface area contributed by atoms with E-state index in [0.29, 0.717) is 13.1 Å². The molecule has 1 unspecified atom stereocenters. The maximum Gasteiger partial charge on any atom is 0.391 e. The molecule has 0 aromatic carbocycles. The van der Waals surface area contributed by atoms with Crippen LogP contribution in [0.4, 0.5) is 13.2 Å². The molecular formula is C11H21F3N2O2S. The van der Waals surface area contributed by atoms with Crippen LogP contribution in [0.15, 0.2) is 0 Å². The Labute approximate surface area is 112 Å². The molecule has 1 fully saturated rings. The Kier molecular flexibility index (Phi) is 5.64. The summed E-state index contributed by atoms with van der Waals surface area (Å²) in [6.07, 6.45) is -4.50. The summed E-state index contributed by atoms with van der Waals surface area (Å²) in [4.78, 5) is 0. The van der Waals surface area contributed by atoms with Crippen LogP contribution in [0.2, 0.25) is 0 Å². The summed E-state index contributed by atoms with van der Waals surface area (Å²) >= 11 is 0. The molecule has 19 heavy (non-hydrogen) atoms. The lowest BCUT2D eigenvalue weighted by Gasteiger charge is -2.33. The highest BCUT2D eigenvalue weighted by Gasteiger charge is 2.43. The summed E-state index contributed by atoms with van der Waals surface area (Å²) in [7, 11) is -3.50. The Morgan fingerprint density at radius 2 is 1.84 bits per heavy atom. The molecule has 0 amide bonds. The maximum absolute atomic E-state index is 12.5. The normalized spacial score (nSPS) is 21.5. The van der Waals surface area contributed by atoms with E-state index in [1.165, 1.54) is 4.31 Å². The number of nitrogens with zero attached hydrogens (tertiary/aromatic N) is 1. The van der Waals surface area contributed by atoms with E-state index < -0.39 is 27.4 Å². The van der Waals surface area contributed by atoms with Crippen molar-refractivity contribution in [3.63, 3.8) is 0 Å². The average Bonchev–Trinajstić information content (AvgIpc) is 2.35. The summed E-state index contributed by atoms with van der Waals surface area (Å²) < 4.78 is 63.0. The Bertz CT molecular complexity index is 376. The van der Waals surface area contributed by atoms with E-state index in [9.17, 15) is 21.6 Å². The molecule has 1 saturated heterocycles. The van der Waals surface area contributed by atoms with Gasteiger partial charge in [-0.05, 0) is 26.3 Å². The van der Waals surface area contributed by atoms with Crippen LogP contribution >= 0.6 is 0 Å². The van der Waals surface area contributed by atoms with E-state index in [1.54, 1.807) is 6.92 Å². The second-order valence-corrected chi connectivity index (χ2v) is 7.23. The van der Waals surface area contributed by atoms with Crippen LogP contribution in [0, 0.1) is 5.92 Å². The van der Waals surface area contributed by atoms with E-state index in [4.69, 9.17) is 0 Å². The van der Waals surface area contributed by atoms with Crippen molar-refractivity contribution in [3.8, 4) is 0 Å². The molecule has 114 valence electrons. The third kappa shape index (κ3) is 4.32. The third-order valence-electron chi connectivity index (χ3n) is 3.47. The standard InChI is InChI=1S/C11H21F3N2O2S/c1-3-15-8-9(2)19(17,18)16-6-4-10(5-7-16)11(12,13)14/h9-10,15H,3-8H2,1-2H3. The second kappa shape index (κ2) is 6.41. The Hall–Kier alpha value is -0.340. The minimum atomic E-state index is -4.22. The van der Waals surface area contributed by atoms with Gasteiger partial charge < -0.3 is 5.32 Å². The fraction of sp³-hybridized carbons (Fsp3) is 1.00. The molecule has 0 aromatic rings. The summed E-state index contributed by atoms with van der Waals surface area (Å²) in [6, 6.07) is 0. The number of hydrogen-bond acceptors (Lipinski definition) is 3. The van der Waals surface area contributed by atoms with Gasteiger partial charge in [0.05, 0.1) is 11.2 Å². The van der Waals surface area contributed by atoms with Gasteiger partial charge in [0.15, 0.2) is 0 Å². The zero-order valence-electron chi connectivity index (χ0n) is 11.2. The third-order valence-corrected chi connectivity index (χ3v) is 5.74. The van der Waals surface area contributed by atoms with E-state index in [1.807, 2.05) is 6.92 Å². The number of nitrogens with one attached hydrogen (secondary N) is 1. The molecule has 0 bridgehead atoms. The summed E-state index contributed by atoms with van der Waals surface area (Å²) in [6.45, 7) is 4.35. The first kappa shape index (κ1) is 16.7. The zero-order valence-corrected chi connectivity index (χ0v) is 12.0. The quantitative estimate of drug-likeness (QED) is 0.839. The van der Waals surface area contributed by atoms with E-state index >= 15 is 0 Å². The van der Waals surface area contributed by atoms with Crippen molar-refractivity contribution in [2.75, 3.05) is 26.2 Å². The number of rotatable bonds is 5. The van der Waals surface area contributed by atoms with Crippen molar-refractivity contribution in [1.82, 2.24) is 9.62 Å². The lowest BCUT2D eigenvalue weighted by atomic mass is 9.98. The van der Waals surface area contributed by atoms with Gasteiger partial charge in [0.2, 0.25) is 10.0 Å². The fourth-order valence-electron chi connectivity index (χ4n) is 2.14. The number of halogens is 3. The summed E-state index contributed by atoms with van der Waals surface area (Å²) in [5.74, 6) is -1.37. The first-order valence-electron chi connectivity index (χ1n) is 6.46. The molecule has 1 aliphatic heterocycles. The van der Waals surface area contributed by atoms with Crippen LogP contribution in [0.3, 0.4) is 0 Å². The first-order valence-corrected chi connectivity index (χ1v) is 7.96. The molecule has 0 aliphatic carbocycles. The highest BCUT2D eigenvalue weighted by molar-refractivity contribution is 7.89. The molecule has 4 nitrogen and oxygen atoms in total. The number of alkyl halides is 3. The topological polar surface area (TPSA) is 49.4 Å². The second-order valence-electron chi connectivity index (χ2n) is 4.88. The predicted molar refractivity (Wildman–Crippen MR) is 67.3 cm³/mol. The Morgan fingerprint density at radius 1 is 1.32 bits per heavy atom. The van der Waals surface area contributed by atoms with Crippen molar-refractivity contribution in [2.24, 2.45) is 5.92 Å².